The fourth-order valence-electron chi connectivity index (χ4n) is 2.59. The van der Waals surface area contributed by atoms with Crippen molar-refractivity contribution in [1.82, 2.24) is 0 Å². The molecule has 0 fully saturated rings. The zero-order valence-electron chi connectivity index (χ0n) is 13.4. The zero-order valence-corrected chi connectivity index (χ0v) is 13.4. The summed E-state index contributed by atoms with van der Waals surface area (Å²) in [5.41, 5.74) is 3.57. The van der Waals surface area contributed by atoms with E-state index in [9.17, 15) is 4.79 Å². The summed E-state index contributed by atoms with van der Waals surface area (Å²) in [5.74, 6) is 1.50. The molecule has 3 aromatic rings. The van der Waals surface area contributed by atoms with Crippen LogP contribution in [0.2, 0.25) is 0 Å². The number of rotatable bonds is 6. The van der Waals surface area contributed by atoms with Crippen LogP contribution in [0.1, 0.15) is 15.9 Å². The molecular weight excluding hydrogens is 300 g/mol. The van der Waals surface area contributed by atoms with Crippen molar-refractivity contribution in [3.63, 3.8) is 0 Å². The molecule has 0 saturated heterocycles. The molecule has 0 amide bonds. The van der Waals surface area contributed by atoms with Crippen LogP contribution in [0.3, 0.4) is 0 Å². The molecule has 120 valence electrons. The van der Waals surface area contributed by atoms with Crippen molar-refractivity contribution >= 4 is 6.29 Å². The highest BCUT2D eigenvalue weighted by atomic mass is 16.5. The summed E-state index contributed by atoms with van der Waals surface area (Å²) in [5, 5.41) is 0. The van der Waals surface area contributed by atoms with Crippen LogP contribution >= 0.6 is 0 Å². The monoisotopic (exact) mass is 318 g/mol. The van der Waals surface area contributed by atoms with Gasteiger partial charge in [0.1, 0.15) is 24.4 Å². The SMILES string of the molecule is COc1ccc(C=O)cc1COc1ccccc1-c1ccccc1. The number of aldehydes is 1. The smallest absolute Gasteiger partial charge is 0.150 e. The van der Waals surface area contributed by atoms with E-state index in [1.807, 2.05) is 42.5 Å². The molecule has 3 heteroatoms. The summed E-state index contributed by atoms with van der Waals surface area (Å²) in [4.78, 5) is 11.0. The number of hydrogen-bond acceptors (Lipinski definition) is 3. The minimum atomic E-state index is 0.328. The first-order chi connectivity index (χ1) is 11.8. The molecule has 0 heterocycles. The van der Waals surface area contributed by atoms with Crippen molar-refractivity contribution in [1.29, 1.82) is 0 Å². The number of carbonyl (C=O) groups excluding carboxylic acids is 1. The molecule has 0 N–H and O–H groups in total. The summed E-state index contributed by atoms with van der Waals surface area (Å²) >= 11 is 0. The second kappa shape index (κ2) is 7.47. The van der Waals surface area contributed by atoms with Crippen molar-refractivity contribution in [3.05, 3.63) is 83.9 Å². The Labute approximate surface area is 141 Å². The minimum absolute atomic E-state index is 0.328. The fraction of sp³-hybridized carbons (Fsp3) is 0.0952. The Bertz CT molecular complexity index is 825. The maximum atomic E-state index is 11.0. The molecule has 0 atom stereocenters. The van der Waals surface area contributed by atoms with Gasteiger partial charge in [0.2, 0.25) is 0 Å². The van der Waals surface area contributed by atoms with Crippen LogP contribution in [-0.2, 0) is 6.61 Å². The molecule has 0 unspecified atom stereocenters. The van der Waals surface area contributed by atoms with Crippen LogP contribution in [0.25, 0.3) is 11.1 Å². The Kier molecular flexibility index (Phi) is 4.92. The van der Waals surface area contributed by atoms with Gasteiger partial charge in [-0.25, -0.2) is 0 Å². The van der Waals surface area contributed by atoms with E-state index in [0.29, 0.717) is 17.9 Å². The average molecular weight is 318 g/mol. The van der Waals surface area contributed by atoms with Crippen molar-refractivity contribution < 1.29 is 14.3 Å². The van der Waals surface area contributed by atoms with Gasteiger partial charge >= 0.3 is 0 Å². The van der Waals surface area contributed by atoms with E-state index in [1.54, 1.807) is 25.3 Å². The maximum absolute atomic E-state index is 11.0. The molecule has 0 saturated carbocycles. The highest BCUT2D eigenvalue weighted by Gasteiger charge is 2.09. The van der Waals surface area contributed by atoms with Crippen LogP contribution in [-0.4, -0.2) is 13.4 Å². The van der Waals surface area contributed by atoms with Crippen molar-refractivity contribution in [2.75, 3.05) is 7.11 Å². The van der Waals surface area contributed by atoms with Crippen molar-refractivity contribution in [2.24, 2.45) is 0 Å². The van der Waals surface area contributed by atoms with E-state index < -0.39 is 0 Å². The number of methoxy groups -OCH3 is 1. The van der Waals surface area contributed by atoms with E-state index >= 15 is 0 Å². The predicted octanol–water partition coefficient (Wildman–Crippen LogP) is 4.75. The third-order valence-electron chi connectivity index (χ3n) is 3.80. The van der Waals surface area contributed by atoms with Gasteiger partial charge in [-0.1, -0.05) is 48.5 Å². The summed E-state index contributed by atoms with van der Waals surface area (Å²) in [6.07, 6.45) is 0.820. The average Bonchev–Trinajstić information content (AvgIpc) is 2.67. The Hall–Kier alpha value is -3.07. The number of benzene rings is 3. The molecule has 24 heavy (non-hydrogen) atoms. The van der Waals surface area contributed by atoms with E-state index in [2.05, 4.69) is 12.1 Å². The third kappa shape index (κ3) is 3.46. The van der Waals surface area contributed by atoms with E-state index in [1.165, 1.54) is 0 Å². The first kappa shape index (κ1) is 15.8. The minimum Gasteiger partial charge on any atom is -0.496 e. The summed E-state index contributed by atoms with van der Waals surface area (Å²) in [7, 11) is 1.61. The molecule has 0 radical (unpaired) electrons. The Balaban J connectivity index is 1.87. The second-order valence-electron chi connectivity index (χ2n) is 5.34. The van der Waals surface area contributed by atoms with Crippen molar-refractivity contribution in [3.8, 4) is 22.6 Å². The first-order valence-corrected chi connectivity index (χ1v) is 7.71. The lowest BCUT2D eigenvalue weighted by molar-refractivity contribution is 0.112. The molecule has 3 rings (SSSR count). The van der Waals surface area contributed by atoms with Gasteiger partial charge in [0.25, 0.3) is 0 Å². The van der Waals surface area contributed by atoms with Gasteiger partial charge in [0.05, 0.1) is 7.11 Å². The molecular formula is C21H18O3. The van der Waals surface area contributed by atoms with Gasteiger partial charge in [0, 0.05) is 16.7 Å². The third-order valence-corrected chi connectivity index (χ3v) is 3.80. The molecule has 0 spiro atoms. The molecule has 3 aromatic carbocycles. The first-order valence-electron chi connectivity index (χ1n) is 7.71. The summed E-state index contributed by atoms with van der Waals surface area (Å²) in [6, 6.07) is 23.3. The highest BCUT2D eigenvalue weighted by Crippen LogP contribution is 2.31. The number of para-hydroxylation sites is 1. The van der Waals surface area contributed by atoms with Crippen LogP contribution in [0, 0.1) is 0 Å². The normalized spacial score (nSPS) is 10.2. The van der Waals surface area contributed by atoms with E-state index in [-0.39, 0.29) is 0 Å². The van der Waals surface area contributed by atoms with Crippen molar-refractivity contribution in [2.45, 2.75) is 6.61 Å². The predicted molar refractivity (Wildman–Crippen MR) is 94.6 cm³/mol. The summed E-state index contributed by atoms with van der Waals surface area (Å²) < 4.78 is 11.4. The fourth-order valence-corrected chi connectivity index (χ4v) is 2.59. The number of hydrogen-bond donors (Lipinski definition) is 0. The number of ether oxygens (including phenoxy) is 2. The van der Waals surface area contributed by atoms with Crippen LogP contribution in [0.5, 0.6) is 11.5 Å². The van der Waals surface area contributed by atoms with Gasteiger partial charge in [0.15, 0.2) is 0 Å². The lowest BCUT2D eigenvalue weighted by Crippen LogP contribution is -2.01. The molecule has 3 nitrogen and oxygen atoms in total. The zero-order chi connectivity index (χ0) is 16.8. The Morgan fingerprint density at radius 2 is 1.62 bits per heavy atom. The Morgan fingerprint density at radius 1 is 0.875 bits per heavy atom. The van der Waals surface area contributed by atoms with E-state index in [4.69, 9.17) is 9.47 Å². The lowest BCUT2D eigenvalue weighted by atomic mass is 10.0. The molecule has 0 aliphatic carbocycles. The van der Waals surface area contributed by atoms with E-state index in [0.717, 1.165) is 28.7 Å². The molecule has 0 aliphatic heterocycles. The van der Waals surface area contributed by atoms with Gasteiger partial charge in [-0.05, 0) is 29.8 Å². The molecule has 0 aliphatic rings. The maximum Gasteiger partial charge on any atom is 0.150 e. The lowest BCUT2D eigenvalue weighted by Gasteiger charge is -2.14. The van der Waals surface area contributed by atoms with Gasteiger partial charge in [-0.15, -0.1) is 0 Å². The largest absolute Gasteiger partial charge is 0.496 e. The topological polar surface area (TPSA) is 35.5 Å². The van der Waals surface area contributed by atoms with Gasteiger partial charge < -0.3 is 9.47 Å². The van der Waals surface area contributed by atoms with Crippen LogP contribution in [0.15, 0.2) is 72.8 Å². The second-order valence-corrected chi connectivity index (χ2v) is 5.34. The molecule has 0 bridgehead atoms. The number of carbonyl (C=O) groups is 1. The quantitative estimate of drug-likeness (QED) is 0.615. The van der Waals surface area contributed by atoms with Gasteiger partial charge in [-0.2, -0.15) is 0 Å². The van der Waals surface area contributed by atoms with Crippen LogP contribution < -0.4 is 9.47 Å². The van der Waals surface area contributed by atoms with Crippen LogP contribution in [0.4, 0.5) is 0 Å². The summed E-state index contributed by atoms with van der Waals surface area (Å²) in [6.45, 7) is 0.328. The highest BCUT2D eigenvalue weighted by molar-refractivity contribution is 5.75. The standard InChI is InChI=1S/C21H18O3/c1-23-20-12-11-16(14-22)13-18(20)15-24-21-10-6-5-9-19(21)17-7-3-2-4-8-17/h2-14H,15H2,1H3. The van der Waals surface area contributed by atoms with Gasteiger partial charge in [-0.3, -0.25) is 4.79 Å². The Morgan fingerprint density at radius 3 is 2.38 bits per heavy atom. The molecule has 0 aromatic heterocycles.